The number of carbonyl (C=O) groups excluding carboxylic acids is 2. The summed E-state index contributed by atoms with van der Waals surface area (Å²) in [6.45, 7) is 0.425. The second kappa shape index (κ2) is 9.99. The van der Waals surface area contributed by atoms with Crippen LogP contribution < -0.4 is 16.1 Å². The minimum absolute atomic E-state index is 0.00578. The first-order valence-electron chi connectivity index (χ1n) is 11.6. The fraction of sp³-hybridized carbons (Fsp3) is 0.500. The standard InChI is InChI=1S/C24H27F3N4O3/c25-24(26,27)21(19-8-4-5-11-28-19)30-23(34)18-14-31(16-9-10-16)13-17(20(18)32)22(33)29-12-15-6-2-1-3-7-15/h4-5,8,11,13-16,21H,1-3,6-7,9-10,12H2,(H,29,33)(H,30,34)/t21-/m1/s1. The third-order valence-corrected chi connectivity index (χ3v) is 6.37. The Morgan fingerprint density at radius 1 is 1.03 bits per heavy atom. The van der Waals surface area contributed by atoms with Crippen LogP contribution in [-0.2, 0) is 0 Å². The Bertz CT molecular complexity index is 1090. The van der Waals surface area contributed by atoms with Crippen LogP contribution in [0.4, 0.5) is 13.2 Å². The highest BCUT2D eigenvalue weighted by Gasteiger charge is 2.43. The first-order valence-corrected chi connectivity index (χ1v) is 11.6. The van der Waals surface area contributed by atoms with Gasteiger partial charge in [-0.05, 0) is 43.7 Å². The third-order valence-electron chi connectivity index (χ3n) is 6.37. The number of hydrogen-bond acceptors (Lipinski definition) is 4. The van der Waals surface area contributed by atoms with E-state index in [1.807, 2.05) is 5.32 Å². The summed E-state index contributed by atoms with van der Waals surface area (Å²) in [5.74, 6) is -1.48. The molecule has 2 N–H and O–H groups in total. The number of aromatic nitrogens is 2. The molecular formula is C24H27F3N4O3. The largest absolute Gasteiger partial charge is 0.414 e. The zero-order valence-electron chi connectivity index (χ0n) is 18.6. The molecule has 10 heteroatoms. The van der Waals surface area contributed by atoms with Crippen LogP contribution in [0.25, 0.3) is 0 Å². The lowest BCUT2D eigenvalue weighted by molar-refractivity contribution is -0.156. The van der Waals surface area contributed by atoms with E-state index in [2.05, 4.69) is 10.3 Å². The van der Waals surface area contributed by atoms with Gasteiger partial charge in [-0.25, -0.2) is 0 Å². The van der Waals surface area contributed by atoms with Gasteiger partial charge in [0.1, 0.15) is 11.1 Å². The predicted molar refractivity (Wildman–Crippen MR) is 118 cm³/mol. The van der Waals surface area contributed by atoms with Crippen molar-refractivity contribution in [2.45, 2.75) is 63.2 Å². The highest BCUT2D eigenvalue weighted by atomic mass is 19.4. The Kier molecular flexibility index (Phi) is 7.04. The van der Waals surface area contributed by atoms with Gasteiger partial charge >= 0.3 is 6.18 Å². The maximum Gasteiger partial charge on any atom is 0.414 e. The topological polar surface area (TPSA) is 93.1 Å². The SMILES string of the molecule is O=C(NCC1CCCCC1)c1cn(C2CC2)cc(C(=O)N[C@H](c2ccccn2)C(F)(F)F)c1=O. The molecule has 7 nitrogen and oxygen atoms in total. The van der Waals surface area contributed by atoms with Gasteiger partial charge in [-0.15, -0.1) is 0 Å². The van der Waals surface area contributed by atoms with Gasteiger partial charge in [0, 0.05) is 31.2 Å². The molecule has 2 aliphatic rings. The first kappa shape index (κ1) is 24.0. The highest BCUT2D eigenvalue weighted by Crippen LogP contribution is 2.35. The van der Waals surface area contributed by atoms with Gasteiger partial charge in [-0.1, -0.05) is 25.3 Å². The summed E-state index contributed by atoms with van der Waals surface area (Å²) < 4.78 is 42.6. The number of rotatable bonds is 7. The van der Waals surface area contributed by atoms with Gasteiger partial charge in [-0.2, -0.15) is 13.2 Å². The summed E-state index contributed by atoms with van der Waals surface area (Å²) in [4.78, 5) is 42.5. The number of nitrogens with one attached hydrogen (secondary N) is 2. The van der Waals surface area contributed by atoms with Crippen LogP contribution in [0.5, 0.6) is 0 Å². The summed E-state index contributed by atoms with van der Waals surface area (Å²) in [7, 11) is 0. The molecule has 0 unspecified atom stereocenters. The Hall–Kier alpha value is -3.17. The van der Waals surface area contributed by atoms with E-state index in [0.717, 1.165) is 44.6 Å². The van der Waals surface area contributed by atoms with E-state index in [0.29, 0.717) is 12.5 Å². The summed E-state index contributed by atoms with van der Waals surface area (Å²) in [5.41, 5.74) is -2.02. The average molecular weight is 476 g/mol. The van der Waals surface area contributed by atoms with Crippen molar-refractivity contribution in [1.29, 1.82) is 0 Å². The van der Waals surface area contributed by atoms with Gasteiger partial charge in [0.25, 0.3) is 11.8 Å². The van der Waals surface area contributed by atoms with Gasteiger partial charge in [-0.3, -0.25) is 19.4 Å². The van der Waals surface area contributed by atoms with Crippen LogP contribution in [0.2, 0.25) is 0 Å². The lowest BCUT2D eigenvalue weighted by Gasteiger charge is -2.22. The molecule has 0 radical (unpaired) electrons. The minimum atomic E-state index is -4.82. The monoisotopic (exact) mass is 476 g/mol. The van der Waals surface area contributed by atoms with Crippen molar-refractivity contribution in [3.63, 3.8) is 0 Å². The van der Waals surface area contributed by atoms with Gasteiger partial charge in [0.15, 0.2) is 6.04 Å². The maximum atomic E-state index is 13.7. The van der Waals surface area contributed by atoms with Crippen LogP contribution in [-0.4, -0.2) is 34.1 Å². The number of pyridine rings is 2. The summed E-state index contributed by atoms with van der Waals surface area (Å²) in [5, 5.41) is 4.67. The summed E-state index contributed by atoms with van der Waals surface area (Å²) in [6, 6.07) is 1.60. The lowest BCUT2D eigenvalue weighted by atomic mass is 9.89. The van der Waals surface area contributed by atoms with Gasteiger partial charge < -0.3 is 15.2 Å². The van der Waals surface area contributed by atoms with E-state index >= 15 is 0 Å². The molecule has 34 heavy (non-hydrogen) atoms. The Morgan fingerprint density at radius 3 is 2.29 bits per heavy atom. The number of nitrogens with zero attached hydrogens (tertiary/aromatic N) is 2. The van der Waals surface area contributed by atoms with Crippen LogP contribution >= 0.6 is 0 Å². The zero-order valence-corrected chi connectivity index (χ0v) is 18.6. The number of alkyl halides is 3. The molecule has 2 aromatic heterocycles. The molecule has 2 saturated carbocycles. The van der Waals surface area contributed by atoms with Crippen molar-refractivity contribution in [2.75, 3.05) is 6.54 Å². The van der Waals surface area contributed by atoms with Crippen molar-refractivity contribution in [3.05, 3.63) is 63.8 Å². The second-order valence-electron chi connectivity index (χ2n) is 9.01. The number of amides is 2. The molecule has 2 aromatic rings. The van der Waals surface area contributed by atoms with E-state index < -0.39 is 40.7 Å². The van der Waals surface area contributed by atoms with E-state index in [4.69, 9.17) is 0 Å². The molecule has 0 saturated heterocycles. The minimum Gasteiger partial charge on any atom is -0.352 e. The fourth-order valence-corrected chi connectivity index (χ4v) is 4.31. The van der Waals surface area contributed by atoms with Crippen LogP contribution in [0, 0.1) is 5.92 Å². The molecular weight excluding hydrogens is 449 g/mol. The molecule has 182 valence electrons. The Balaban J connectivity index is 1.59. The van der Waals surface area contributed by atoms with Gasteiger partial charge in [0.2, 0.25) is 5.43 Å². The first-order chi connectivity index (χ1) is 16.2. The smallest absolute Gasteiger partial charge is 0.352 e. The van der Waals surface area contributed by atoms with Crippen LogP contribution in [0.1, 0.15) is 83.4 Å². The molecule has 2 fully saturated rings. The number of hydrogen-bond donors (Lipinski definition) is 2. The maximum absolute atomic E-state index is 13.7. The molecule has 0 bridgehead atoms. The number of halogens is 3. The quantitative estimate of drug-likeness (QED) is 0.634. The second-order valence-corrected chi connectivity index (χ2v) is 9.01. The average Bonchev–Trinajstić information content (AvgIpc) is 3.67. The van der Waals surface area contributed by atoms with E-state index in [-0.39, 0.29) is 11.6 Å². The zero-order chi connectivity index (χ0) is 24.3. The van der Waals surface area contributed by atoms with E-state index in [9.17, 15) is 27.6 Å². The van der Waals surface area contributed by atoms with Crippen molar-refractivity contribution >= 4 is 11.8 Å². The Labute approximate surface area is 194 Å². The summed E-state index contributed by atoms with van der Waals surface area (Å²) >= 11 is 0. The van der Waals surface area contributed by atoms with E-state index in [1.54, 1.807) is 4.57 Å². The van der Waals surface area contributed by atoms with Crippen molar-refractivity contribution < 1.29 is 22.8 Å². The van der Waals surface area contributed by atoms with Gasteiger partial charge in [0.05, 0.1) is 5.69 Å². The number of carbonyl (C=O) groups is 2. The molecule has 0 aliphatic heterocycles. The summed E-state index contributed by atoms with van der Waals surface area (Å²) in [6.07, 6.45) is 5.97. The molecule has 4 rings (SSSR count). The van der Waals surface area contributed by atoms with Crippen molar-refractivity contribution in [2.24, 2.45) is 5.92 Å². The van der Waals surface area contributed by atoms with E-state index in [1.165, 1.54) is 37.1 Å². The predicted octanol–water partition coefficient (Wildman–Crippen LogP) is 3.92. The lowest BCUT2D eigenvalue weighted by Crippen LogP contribution is -2.42. The molecule has 1 atom stereocenters. The fourth-order valence-electron chi connectivity index (χ4n) is 4.31. The highest BCUT2D eigenvalue weighted by molar-refractivity contribution is 5.99. The van der Waals surface area contributed by atoms with Crippen LogP contribution in [0.3, 0.4) is 0 Å². The van der Waals surface area contributed by atoms with Crippen molar-refractivity contribution in [1.82, 2.24) is 20.2 Å². The molecule has 2 heterocycles. The normalized spacial score (nSPS) is 17.7. The molecule has 0 aromatic carbocycles. The van der Waals surface area contributed by atoms with Crippen LogP contribution in [0.15, 0.2) is 41.6 Å². The molecule has 0 spiro atoms. The molecule has 2 aliphatic carbocycles. The third kappa shape index (κ3) is 5.66. The Morgan fingerprint density at radius 2 is 1.71 bits per heavy atom. The van der Waals surface area contributed by atoms with Crippen molar-refractivity contribution in [3.8, 4) is 0 Å². The molecule has 2 amide bonds.